The number of pyridine rings is 1. The number of amides is 1. The van der Waals surface area contributed by atoms with E-state index in [1.165, 1.54) is 18.3 Å². The van der Waals surface area contributed by atoms with Gasteiger partial charge in [-0.15, -0.1) is 0 Å². The molecule has 3 rings (SSSR count). The summed E-state index contributed by atoms with van der Waals surface area (Å²) in [5.41, 5.74) is 0.990. The first-order valence-electron chi connectivity index (χ1n) is 8.05. The average Bonchev–Trinajstić information content (AvgIpc) is 2.66. The summed E-state index contributed by atoms with van der Waals surface area (Å²) in [7, 11) is 0. The van der Waals surface area contributed by atoms with Gasteiger partial charge in [0, 0.05) is 0 Å². The third kappa shape index (κ3) is 3.77. The number of rotatable bonds is 6. The highest BCUT2D eigenvalue weighted by Crippen LogP contribution is 2.25. The molecule has 0 aliphatic carbocycles. The van der Waals surface area contributed by atoms with Crippen LogP contribution in [0.2, 0.25) is 0 Å². The van der Waals surface area contributed by atoms with Crippen molar-refractivity contribution in [2.45, 2.75) is 13.0 Å². The fraction of sp³-hybridized carbons (Fsp3) is 0.158. The van der Waals surface area contributed by atoms with Crippen molar-refractivity contribution in [3.63, 3.8) is 0 Å². The lowest BCUT2D eigenvalue weighted by molar-refractivity contribution is -0.390. The van der Waals surface area contributed by atoms with E-state index in [0.717, 1.165) is 16.3 Å². The Morgan fingerprint density at radius 3 is 2.77 bits per heavy atom. The van der Waals surface area contributed by atoms with Gasteiger partial charge >= 0.3 is 5.82 Å². The van der Waals surface area contributed by atoms with Gasteiger partial charge in [-0.25, -0.2) is 0 Å². The van der Waals surface area contributed by atoms with Crippen molar-refractivity contribution in [2.24, 2.45) is 0 Å². The molecule has 26 heavy (non-hydrogen) atoms. The van der Waals surface area contributed by atoms with Gasteiger partial charge in [-0.05, 0) is 45.3 Å². The van der Waals surface area contributed by atoms with Crippen LogP contribution in [-0.4, -0.2) is 22.4 Å². The predicted octanol–water partition coefficient (Wildman–Crippen LogP) is 3.40. The lowest BCUT2D eigenvalue weighted by Crippen LogP contribution is -2.31. The maximum atomic E-state index is 12.2. The van der Waals surface area contributed by atoms with Crippen LogP contribution in [0.3, 0.4) is 0 Å². The van der Waals surface area contributed by atoms with Crippen LogP contribution in [0.4, 0.5) is 5.82 Å². The molecule has 3 aromatic rings. The van der Waals surface area contributed by atoms with Gasteiger partial charge in [0.1, 0.15) is 6.20 Å². The minimum Gasteiger partial charge on any atom is -0.476 e. The first-order valence-corrected chi connectivity index (χ1v) is 8.05. The topological polar surface area (TPSA) is 94.4 Å². The summed E-state index contributed by atoms with van der Waals surface area (Å²) in [5, 5.41) is 15.9. The van der Waals surface area contributed by atoms with E-state index in [-0.39, 0.29) is 24.3 Å². The zero-order chi connectivity index (χ0) is 18.5. The maximum absolute atomic E-state index is 12.2. The fourth-order valence-electron chi connectivity index (χ4n) is 2.76. The van der Waals surface area contributed by atoms with Gasteiger partial charge in [-0.3, -0.25) is 4.79 Å². The first kappa shape index (κ1) is 17.3. The van der Waals surface area contributed by atoms with E-state index < -0.39 is 10.7 Å². The van der Waals surface area contributed by atoms with Crippen LogP contribution in [0.1, 0.15) is 18.5 Å². The number of nitrogens with one attached hydrogen (secondary N) is 1. The molecule has 0 spiro atoms. The molecule has 1 heterocycles. The predicted molar refractivity (Wildman–Crippen MR) is 96.9 cm³/mol. The quantitative estimate of drug-likeness (QED) is 0.542. The second kappa shape index (κ2) is 7.60. The van der Waals surface area contributed by atoms with Crippen molar-refractivity contribution in [2.75, 3.05) is 6.61 Å². The summed E-state index contributed by atoms with van der Waals surface area (Å²) in [5.74, 6) is -0.823. The molecule has 0 saturated carbocycles. The molecule has 2 aromatic carbocycles. The first-order chi connectivity index (χ1) is 12.6. The van der Waals surface area contributed by atoms with Crippen molar-refractivity contribution in [3.05, 3.63) is 76.5 Å². The minimum absolute atomic E-state index is 0.0366. The number of carbonyl (C=O) groups excluding carboxylic acids is 1. The molecule has 7 heteroatoms. The molecule has 1 N–H and O–H groups in total. The number of fused-ring (bicyclic) bond motifs is 1. The Labute approximate surface area is 149 Å². The van der Waals surface area contributed by atoms with E-state index in [1.54, 1.807) is 0 Å². The van der Waals surface area contributed by atoms with E-state index in [1.807, 2.05) is 49.4 Å². The van der Waals surface area contributed by atoms with Gasteiger partial charge in [0.2, 0.25) is 5.75 Å². The van der Waals surface area contributed by atoms with Crippen LogP contribution in [0.5, 0.6) is 5.75 Å². The van der Waals surface area contributed by atoms with Crippen LogP contribution in [0, 0.1) is 10.1 Å². The van der Waals surface area contributed by atoms with Crippen LogP contribution in [0.15, 0.2) is 60.8 Å². The Hall–Kier alpha value is -3.48. The van der Waals surface area contributed by atoms with Gasteiger partial charge in [-0.2, -0.15) is 0 Å². The Morgan fingerprint density at radius 1 is 1.19 bits per heavy atom. The Morgan fingerprint density at radius 2 is 1.96 bits per heavy atom. The van der Waals surface area contributed by atoms with Gasteiger partial charge in [0.05, 0.1) is 6.04 Å². The van der Waals surface area contributed by atoms with Crippen molar-refractivity contribution < 1.29 is 14.5 Å². The second-order valence-electron chi connectivity index (χ2n) is 5.73. The zero-order valence-electron chi connectivity index (χ0n) is 14.1. The standard InChI is InChI=1S/C19H17N3O4/c1-13(15-9-4-7-14-6-2-3-8-16(14)15)21-18(23)12-26-17-10-5-11-20-19(17)22(24)25/h2-11,13H,12H2,1H3,(H,21,23)/t13-/m1/s1. The number of carbonyl (C=O) groups is 1. The van der Waals surface area contributed by atoms with Crippen LogP contribution in [0.25, 0.3) is 10.8 Å². The van der Waals surface area contributed by atoms with Crippen molar-refractivity contribution in [1.82, 2.24) is 10.3 Å². The lowest BCUT2D eigenvalue weighted by atomic mass is 10.00. The smallest absolute Gasteiger partial charge is 0.406 e. The van der Waals surface area contributed by atoms with Crippen LogP contribution < -0.4 is 10.1 Å². The molecule has 0 unspecified atom stereocenters. The normalized spacial score (nSPS) is 11.7. The molecule has 1 aromatic heterocycles. The van der Waals surface area contributed by atoms with Gasteiger partial charge in [0.15, 0.2) is 6.61 Å². The van der Waals surface area contributed by atoms with Gasteiger partial charge < -0.3 is 20.2 Å². The largest absolute Gasteiger partial charge is 0.476 e. The molecule has 0 aliphatic rings. The maximum Gasteiger partial charge on any atom is 0.406 e. The number of ether oxygens (including phenoxy) is 1. The average molecular weight is 351 g/mol. The highest BCUT2D eigenvalue weighted by Gasteiger charge is 2.18. The Bertz CT molecular complexity index is 953. The third-order valence-corrected chi connectivity index (χ3v) is 3.95. The Balaban J connectivity index is 1.67. The van der Waals surface area contributed by atoms with Gasteiger partial charge in [-0.1, -0.05) is 42.5 Å². The molecular weight excluding hydrogens is 334 g/mol. The van der Waals surface area contributed by atoms with E-state index >= 15 is 0 Å². The van der Waals surface area contributed by atoms with E-state index in [2.05, 4.69) is 10.3 Å². The molecule has 0 fully saturated rings. The monoisotopic (exact) mass is 351 g/mol. The lowest BCUT2D eigenvalue weighted by Gasteiger charge is -2.17. The van der Waals surface area contributed by atoms with E-state index in [9.17, 15) is 14.9 Å². The highest BCUT2D eigenvalue weighted by atomic mass is 16.6. The highest BCUT2D eigenvalue weighted by molar-refractivity contribution is 5.87. The van der Waals surface area contributed by atoms with Gasteiger partial charge in [0.25, 0.3) is 5.91 Å². The fourth-order valence-corrected chi connectivity index (χ4v) is 2.76. The number of benzene rings is 2. The van der Waals surface area contributed by atoms with E-state index in [4.69, 9.17) is 4.74 Å². The molecule has 1 atom stereocenters. The summed E-state index contributed by atoms with van der Waals surface area (Å²) in [6, 6.07) is 16.5. The molecule has 7 nitrogen and oxygen atoms in total. The molecular formula is C19H17N3O4. The second-order valence-corrected chi connectivity index (χ2v) is 5.73. The van der Waals surface area contributed by atoms with E-state index in [0.29, 0.717) is 0 Å². The van der Waals surface area contributed by atoms with Crippen LogP contribution in [-0.2, 0) is 4.79 Å². The van der Waals surface area contributed by atoms with Crippen molar-refractivity contribution in [3.8, 4) is 5.75 Å². The summed E-state index contributed by atoms with van der Waals surface area (Å²) < 4.78 is 5.27. The Kier molecular flexibility index (Phi) is 5.07. The number of nitro groups is 1. The summed E-state index contributed by atoms with van der Waals surface area (Å²) in [4.78, 5) is 26.1. The molecule has 0 radical (unpaired) electrons. The molecule has 0 bridgehead atoms. The third-order valence-electron chi connectivity index (χ3n) is 3.95. The summed E-state index contributed by atoms with van der Waals surface area (Å²) in [6.07, 6.45) is 1.30. The molecule has 1 amide bonds. The number of nitrogens with zero attached hydrogens (tertiary/aromatic N) is 2. The SMILES string of the molecule is C[C@@H](NC(=O)COc1cccnc1[N+](=O)[O-])c1cccc2ccccc12. The van der Waals surface area contributed by atoms with Crippen molar-refractivity contribution in [1.29, 1.82) is 0 Å². The molecule has 132 valence electrons. The zero-order valence-corrected chi connectivity index (χ0v) is 14.1. The molecule has 0 saturated heterocycles. The number of hydrogen-bond acceptors (Lipinski definition) is 5. The number of aromatic nitrogens is 1. The minimum atomic E-state index is -0.647. The van der Waals surface area contributed by atoms with Crippen LogP contribution >= 0.6 is 0 Å². The summed E-state index contributed by atoms with van der Waals surface area (Å²) >= 11 is 0. The van der Waals surface area contributed by atoms with Crippen molar-refractivity contribution >= 4 is 22.5 Å². The molecule has 0 aliphatic heterocycles. The number of hydrogen-bond donors (Lipinski definition) is 1. The summed E-state index contributed by atoms with van der Waals surface area (Å²) in [6.45, 7) is 1.55.